The molecule has 18 heavy (non-hydrogen) atoms. The van der Waals surface area contributed by atoms with Gasteiger partial charge in [-0.15, -0.1) is 11.8 Å². The highest BCUT2D eigenvalue weighted by Crippen LogP contribution is 2.25. The molecule has 0 saturated carbocycles. The summed E-state index contributed by atoms with van der Waals surface area (Å²) in [7, 11) is 0. The van der Waals surface area contributed by atoms with Crippen molar-refractivity contribution in [2.45, 2.75) is 24.5 Å². The van der Waals surface area contributed by atoms with Crippen molar-refractivity contribution < 1.29 is 5.11 Å². The summed E-state index contributed by atoms with van der Waals surface area (Å²) < 4.78 is 3.03. The second-order valence-corrected chi connectivity index (χ2v) is 5.86. The summed E-state index contributed by atoms with van der Waals surface area (Å²) in [6.45, 7) is 2.87. The van der Waals surface area contributed by atoms with Gasteiger partial charge < -0.3 is 9.67 Å². The van der Waals surface area contributed by atoms with Gasteiger partial charge in [0.15, 0.2) is 0 Å². The third kappa shape index (κ3) is 3.37. The fraction of sp³-hybridized carbons (Fsp3) is 0.308. The number of hydrogen-bond donors (Lipinski definition) is 1. The van der Waals surface area contributed by atoms with Crippen LogP contribution in [-0.2, 0) is 6.54 Å². The number of rotatable bonds is 5. The number of aromatic nitrogens is 2. The Bertz CT molecular complexity index is 498. The van der Waals surface area contributed by atoms with Gasteiger partial charge in [0.2, 0.25) is 0 Å². The standard InChI is InChI=1S/C13H15BrN2OS/c1-2-16-8-7-15-13(16)12(17)9-18-11-5-3-10(14)4-6-11/h3-8,12,17H,2,9H2,1H3. The normalized spacial score (nSPS) is 12.6. The third-order valence-electron chi connectivity index (χ3n) is 2.61. The molecular formula is C13H15BrN2OS. The molecule has 3 nitrogen and oxygen atoms in total. The molecule has 1 aromatic heterocycles. The van der Waals surface area contributed by atoms with Crippen LogP contribution in [0.2, 0.25) is 0 Å². The van der Waals surface area contributed by atoms with E-state index in [1.54, 1.807) is 18.0 Å². The van der Waals surface area contributed by atoms with Gasteiger partial charge in [-0.25, -0.2) is 4.98 Å². The number of thioether (sulfide) groups is 1. The van der Waals surface area contributed by atoms with Crippen molar-refractivity contribution in [3.8, 4) is 0 Å². The molecule has 0 spiro atoms. The SMILES string of the molecule is CCn1ccnc1C(O)CSc1ccc(Br)cc1. The number of imidazole rings is 1. The predicted octanol–water partition coefficient (Wildman–Crippen LogP) is 3.49. The zero-order chi connectivity index (χ0) is 13.0. The van der Waals surface area contributed by atoms with Crippen molar-refractivity contribution >= 4 is 27.7 Å². The Labute approximate surface area is 119 Å². The van der Waals surface area contributed by atoms with E-state index in [-0.39, 0.29) is 0 Å². The van der Waals surface area contributed by atoms with Crippen LogP contribution in [-0.4, -0.2) is 20.4 Å². The fourth-order valence-corrected chi connectivity index (χ4v) is 2.76. The Kier molecular flexibility index (Phi) is 4.86. The first-order valence-electron chi connectivity index (χ1n) is 5.78. The molecule has 2 rings (SSSR count). The number of benzene rings is 1. The Morgan fingerprint density at radius 2 is 2.11 bits per heavy atom. The predicted molar refractivity (Wildman–Crippen MR) is 77.7 cm³/mol. The molecule has 5 heteroatoms. The van der Waals surface area contributed by atoms with Gasteiger partial charge in [-0.1, -0.05) is 15.9 Å². The van der Waals surface area contributed by atoms with Crippen molar-refractivity contribution in [2.24, 2.45) is 0 Å². The first-order valence-corrected chi connectivity index (χ1v) is 7.56. The summed E-state index contributed by atoms with van der Waals surface area (Å²) in [6.07, 6.45) is 3.09. The van der Waals surface area contributed by atoms with Crippen LogP contribution in [0.15, 0.2) is 46.0 Å². The lowest BCUT2D eigenvalue weighted by Crippen LogP contribution is -2.09. The first kappa shape index (κ1) is 13.6. The second-order valence-electron chi connectivity index (χ2n) is 3.85. The Morgan fingerprint density at radius 1 is 1.39 bits per heavy atom. The lowest BCUT2D eigenvalue weighted by atomic mass is 10.4. The van der Waals surface area contributed by atoms with Crippen LogP contribution >= 0.6 is 27.7 Å². The third-order valence-corrected chi connectivity index (χ3v) is 4.22. The van der Waals surface area contributed by atoms with Gasteiger partial charge in [-0.2, -0.15) is 0 Å². The smallest absolute Gasteiger partial charge is 0.138 e. The van der Waals surface area contributed by atoms with Crippen molar-refractivity contribution in [2.75, 3.05) is 5.75 Å². The fourth-order valence-electron chi connectivity index (χ4n) is 1.67. The van der Waals surface area contributed by atoms with Gasteiger partial charge in [0.05, 0.1) is 0 Å². The number of halogens is 1. The van der Waals surface area contributed by atoms with Gasteiger partial charge in [0, 0.05) is 34.1 Å². The maximum atomic E-state index is 10.1. The average molecular weight is 327 g/mol. The summed E-state index contributed by atoms with van der Waals surface area (Å²) in [5.41, 5.74) is 0. The molecule has 96 valence electrons. The van der Waals surface area contributed by atoms with Crippen LogP contribution < -0.4 is 0 Å². The zero-order valence-corrected chi connectivity index (χ0v) is 12.5. The van der Waals surface area contributed by atoms with Crippen LogP contribution in [0.5, 0.6) is 0 Å². The molecule has 0 saturated heterocycles. The molecule has 2 aromatic rings. The number of aryl methyl sites for hydroxylation is 1. The van der Waals surface area contributed by atoms with Gasteiger partial charge >= 0.3 is 0 Å². The van der Waals surface area contributed by atoms with E-state index in [9.17, 15) is 5.11 Å². The highest BCUT2D eigenvalue weighted by atomic mass is 79.9. The van der Waals surface area contributed by atoms with Crippen LogP contribution in [0.1, 0.15) is 18.9 Å². The van der Waals surface area contributed by atoms with E-state index in [1.807, 2.05) is 42.0 Å². The van der Waals surface area contributed by atoms with E-state index in [0.717, 1.165) is 21.7 Å². The van der Waals surface area contributed by atoms with Crippen molar-refractivity contribution in [3.05, 3.63) is 47.0 Å². The molecule has 1 atom stereocenters. The van der Waals surface area contributed by atoms with Gasteiger partial charge in [-0.3, -0.25) is 0 Å². The minimum atomic E-state index is -0.534. The Balaban J connectivity index is 1.96. The molecule has 0 radical (unpaired) electrons. The number of hydrogen-bond acceptors (Lipinski definition) is 3. The molecule has 0 fully saturated rings. The number of aliphatic hydroxyl groups excluding tert-OH is 1. The minimum Gasteiger partial charge on any atom is -0.384 e. The van der Waals surface area contributed by atoms with E-state index in [1.165, 1.54) is 0 Å². The van der Waals surface area contributed by atoms with E-state index in [0.29, 0.717) is 5.75 Å². The van der Waals surface area contributed by atoms with E-state index in [2.05, 4.69) is 20.9 Å². The Hall–Kier alpha value is -0.780. The molecule has 0 aliphatic carbocycles. The second kappa shape index (κ2) is 6.41. The van der Waals surface area contributed by atoms with Crippen molar-refractivity contribution in [1.82, 2.24) is 9.55 Å². The highest BCUT2D eigenvalue weighted by Gasteiger charge is 2.13. The molecule has 1 heterocycles. The lowest BCUT2D eigenvalue weighted by molar-refractivity contribution is 0.189. The van der Waals surface area contributed by atoms with Crippen molar-refractivity contribution in [1.29, 1.82) is 0 Å². The Morgan fingerprint density at radius 3 is 2.78 bits per heavy atom. The summed E-state index contributed by atoms with van der Waals surface area (Å²) in [5, 5.41) is 10.1. The summed E-state index contributed by atoms with van der Waals surface area (Å²) in [5.74, 6) is 1.35. The van der Waals surface area contributed by atoms with Crippen LogP contribution in [0.3, 0.4) is 0 Å². The zero-order valence-electron chi connectivity index (χ0n) is 10.1. The molecule has 0 amide bonds. The minimum absolute atomic E-state index is 0.534. The maximum absolute atomic E-state index is 10.1. The van der Waals surface area contributed by atoms with E-state index >= 15 is 0 Å². The van der Waals surface area contributed by atoms with Gasteiger partial charge in [0.1, 0.15) is 11.9 Å². The molecule has 0 aliphatic heterocycles. The molecular weight excluding hydrogens is 312 g/mol. The number of aliphatic hydroxyl groups is 1. The summed E-state index contributed by atoms with van der Waals surface area (Å²) in [6, 6.07) is 8.07. The molecule has 0 bridgehead atoms. The highest BCUT2D eigenvalue weighted by molar-refractivity contribution is 9.10. The maximum Gasteiger partial charge on any atom is 0.138 e. The topological polar surface area (TPSA) is 38.0 Å². The quantitative estimate of drug-likeness (QED) is 0.855. The molecule has 0 aliphatic rings. The molecule has 1 aromatic carbocycles. The molecule has 1 unspecified atom stereocenters. The van der Waals surface area contributed by atoms with E-state index < -0.39 is 6.10 Å². The van der Waals surface area contributed by atoms with Crippen molar-refractivity contribution in [3.63, 3.8) is 0 Å². The summed E-state index contributed by atoms with van der Waals surface area (Å²) >= 11 is 5.03. The largest absolute Gasteiger partial charge is 0.384 e. The lowest BCUT2D eigenvalue weighted by Gasteiger charge is -2.11. The summed E-state index contributed by atoms with van der Waals surface area (Å²) in [4.78, 5) is 5.35. The van der Waals surface area contributed by atoms with E-state index in [4.69, 9.17) is 0 Å². The monoisotopic (exact) mass is 326 g/mol. The van der Waals surface area contributed by atoms with Gasteiger partial charge in [-0.05, 0) is 31.2 Å². The van der Waals surface area contributed by atoms with Crippen LogP contribution in [0.4, 0.5) is 0 Å². The number of nitrogens with zero attached hydrogens (tertiary/aromatic N) is 2. The van der Waals surface area contributed by atoms with Gasteiger partial charge in [0.25, 0.3) is 0 Å². The first-order chi connectivity index (χ1) is 8.70. The van der Waals surface area contributed by atoms with Crippen LogP contribution in [0, 0.1) is 0 Å². The molecule has 1 N–H and O–H groups in total. The average Bonchev–Trinajstić information content (AvgIpc) is 2.86. The van der Waals surface area contributed by atoms with Crippen LogP contribution in [0.25, 0.3) is 0 Å².